The number of aromatic nitrogens is 1. The van der Waals surface area contributed by atoms with Crippen LogP contribution in [0.2, 0.25) is 0 Å². The van der Waals surface area contributed by atoms with E-state index in [0.29, 0.717) is 17.1 Å². The summed E-state index contributed by atoms with van der Waals surface area (Å²) in [5.41, 5.74) is 0.777. The minimum Gasteiger partial charge on any atom is -0.339 e. The summed E-state index contributed by atoms with van der Waals surface area (Å²) in [5, 5.41) is 2.95. The predicted molar refractivity (Wildman–Crippen MR) is 92.9 cm³/mol. The molecule has 1 aliphatic carbocycles. The molecular formula is C19H22FN3O. The summed E-state index contributed by atoms with van der Waals surface area (Å²) in [4.78, 5) is 18.9. The summed E-state index contributed by atoms with van der Waals surface area (Å²) in [6.45, 7) is 0. The molecule has 1 saturated carbocycles. The van der Waals surface area contributed by atoms with Crippen molar-refractivity contribution in [2.45, 2.75) is 38.1 Å². The molecule has 1 heterocycles. The highest BCUT2D eigenvalue weighted by Gasteiger charge is 2.25. The number of benzene rings is 1. The van der Waals surface area contributed by atoms with Crippen LogP contribution in [0.15, 0.2) is 42.6 Å². The van der Waals surface area contributed by atoms with Crippen molar-refractivity contribution in [3.8, 4) is 0 Å². The third kappa shape index (κ3) is 3.55. The summed E-state index contributed by atoms with van der Waals surface area (Å²) in [7, 11) is 1.85. The van der Waals surface area contributed by atoms with Gasteiger partial charge in [0, 0.05) is 19.3 Å². The molecule has 0 unspecified atom stereocenters. The van der Waals surface area contributed by atoms with Crippen LogP contribution in [0, 0.1) is 5.82 Å². The number of nitrogens with zero attached hydrogens (tertiary/aromatic N) is 2. The van der Waals surface area contributed by atoms with Crippen LogP contribution in [0.4, 0.5) is 15.9 Å². The number of anilines is 2. The van der Waals surface area contributed by atoms with E-state index < -0.39 is 0 Å². The molecule has 0 saturated heterocycles. The fourth-order valence-corrected chi connectivity index (χ4v) is 3.19. The maximum Gasteiger partial charge on any atom is 0.257 e. The van der Waals surface area contributed by atoms with Gasteiger partial charge in [-0.2, -0.15) is 0 Å². The molecule has 3 rings (SSSR count). The predicted octanol–water partition coefficient (Wildman–Crippen LogP) is 4.37. The maximum absolute atomic E-state index is 13.9. The second-order valence-corrected chi connectivity index (χ2v) is 6.21. The molecule has 2 aromatic rings. The van der Waals surface area contributed by atoms with Gasteiger partial charge in [0.15, 0.2) is 0 Å². The van der Waals surface area contributed by atoms with E-state index >= 15 is 0 Å². The van der Waals surface area contributed by atoms with E-state index in [1.54, 1.807) is 36.5 Å². The SMILES string of the molecule is CN(C(=O)c1cccnc1Nc1ccccc1F)C1CCCCC1. The monoisotopic (exact) mass is 327 g/mol. The van der Waals surface area contributed by atoms with Crippen LogP contribution in [0.5, 0.6) is 0 Å². The van der Waals surface area contributed by atoms with Crippen LogP contribution >= 0.6 is 0 Å². The smallest absolute Gasteiger partial charge is 0.257 e. The van der Waals surface area contributed by atoms with Crippen LogP contribution in [0.3, 0.4) is 0 Å². The number of rotatable bonds is 4. The second-order valence-electron chi connectivity index (χ2n) is 6.21. The third-order valence-electron chi connectivity index (χ3n) is 4.61. The molecule has 24 heavy (non-hydrogen) atoms. The standard InChI is InChI=1S/C19H22FN3O/c1-23(14-8-3-2-4-9-14)19(24)15-10-7-13-21-18(15)22-17-12-6-5-11-16(17)20/h5-7,10-14H,2-4,8-9H2,1H3,(H,21,22). The lowest BCUT2D eigenvalue weighted by molar-refractivity contribution is 0.0697. The van der Waals surface area contributed by atoms with E-state index in [-0.39, 0.29) is 17.8 Å². The molecule has 0 spiro atoms. The number of carbonyl (C=O) groups is 1. The largest absolute Gasteiger partial charge is 0.339 e. The molecule has 0 aliphatic heterocycles. The Balaban J connectivity index is 1.83. The Labute approximate surface area is 141 Å². The Morgan fingerprint density at radius 2 is 1.92 bits per heavy atom. The fourth-order valence-electron chi connectivity index (χ4n) is 3.19. The van der Waals surface area contributed by atoms with Gasteiger partial charge in [0.1, 0.15) is 11.6 Å². The van der Waals surface area contributed by atoms with Gasteiger partial charge < -0.3 is 10.2 Å². The summed E-state index contributed by atoms with van der Waals surface area (Å²) in [6, 6.07) is 10.1. The van der Waals surface area contributed by atoms with E-state index in [1.165, 1.54) is 12.5 Å². The van der Waals surface area contributed by atoms with E-state index in [0.717, 1.165) is 25.7 Å². The van der Waals surface area contributed by atoms with E-state index in [1.807, 2.05) is 11.9 Å². The molecule has 1 aromatic carbocycles. The molecule has 1 amide bonds. The first-order chi connectivity index (χ1) is 11.7. The van der Waals surface area contributed by atoms with Gasteiger partial charge in [-0.1, -0.05) is 31.4 Å². The minimum absolute atomic E-state index is 0.0751. The number of carbonyl (C=O) groups excluding carboxylic acids is 1. The van der Waals surface area contributed by atoms with Crippen LogP contribution in [0.1, 0.15) is 42.5 Å². The average molecular weight is 327 g/mol. The highest BCUT2D eigenvalue weighted by Crippen LogP contribution is 2.26. The molecule has 0 bridgehead atoms. The highest BCUT2D eigenvalue weighted by atomic mass is 19.1. The Morgan fingerprint density at radius 1 is 1.17 bits per heavy atom. The van der Waals surface area contributed by atoms with Gasteiger partial charge >= 0.3 is 0 Å². The Kier molecular flexibility index (Phi) is 5.08. The summed E-state index contributed by atoms with van der Waals surface area (Å²) < 4.78 is 13.9. The lowest BCUT2D eigenvalue weighted by atomic mass is 9.94. The topological polar surface area (TPSA) is 45.2 Å². The molecular weight excluding hydrogens is 305 g/mol. The number of pyridine rings is 1. The van der Waals surface area contributed by atoms with Crippen molar-refractivity contribution >= 4 is 17.4 Å². The zero-order chi connectivity index (χ0) is 16.9. The zero-order valence-corrected chi connectivity index (χ0v) is 13.8. The van der Waals surface area contributed by atoms with Crippen molar-refractivity contribution in [2.24, 2.45) is 0 Å². The number of hydrogen-bond acceptors (Lipinski definition) is 3. The van der Waals surface area contributed by atoms with Gasteiger partial charge in [0.25, 0.3) is 5.91 Å². The highest BCUT2D eigenvalue weighted by molar-refractivity contribution is 5.99. The van der Waals surface area contributed by atoms with Crippen LogP contribution in [0.25, 0.3) is 0 Å². The van der Waals surface area contributed by atoms with Crippen LogP contribution < -0.4 is 5.32 Å². The lowest BCUT2D eigenvalue weighted by Crippen LogP contribution is -2.38. The first-order valence-corrected chi connectivity index (χ1v) is 8.40. The number of para-hydroxylation sites is 1. The molecule has 0 radical (unpaired) electrons. The van der Waals surface area contributed by atoms with Crippen molar-refractivity contribution < 1.29 is 9.18 Å². The molecule has 1 N–H and O–H groups in total. The Morgan fingerprint density at radius 3 is 2.67 bits per heavy atom. The van der Waals surface area contributed by atoms with Crippen LogP contribution in [-0.4, -0.2) is 28.9 Å². The molecule has 126 valence electrons. The number of hydrogen-bond donors (Lipinski definition) is 1. The van der Waals surface area contributed by atoms with Crippen LogP contribution in [-0.2, 0) is 0 Å². The van der Waals surface area contributed by atoms with E-state index in [9.17, 15) is 9.18 Å². The van der Waals surface area contributed by atoms with E-state index in [4.69, 9.17) is 0 Å². The van der Waals surface area contributed by atoms with Gasteiger partial charge in [0.05, 0.1) is 11.3 Å². The number of nitrogens with one attached hydrogen (secondary N) is 1. The zero-order valence-electron chi connectivity index (χ0n) is 13.8. The van der Waals surface area contributed by atoms with Crippen molar-refractivity contribution in [1.82, 2.24) is 9.88 Å². The van der Waals surface area contributed by atoms with Crippen molar-refractivity contribution in [1.29, 1.82) is 0 Å². The molecule has 1 fully saturated rings. The first-order valence-electron chi connectivity index (χ1n) is 8.40. The molecule has 1 aromatic heterocycles. The second kappa shape index (κ2) is 7.43. The molecule has 1 aliphatic rings. The van der Waals surface area contributed by atoms with Crippen molar-refractivity contribution in [2.75, 3.05) is 12.4 Å². The lowest BCUT2D eigenvalue weighted by Gasteiger charge is -2.31. The van der Waals surface area contributed by atoms with Gasteiger partial charge in [-0.3, -0.25) is 4.79 Å². The van der Waals surface area contributed by atoms with Gasteiger partial charge in [-0.15, -0.1) is 0 Å². The summed E-state index contributed by atoms with van der Waals surface area (Å²) in [6.07, 6.45) is 7.24. The number of amides is 1. The third-order valence-corrected chi connectivity index (χ3v) is 4.61. The van der Waals surface area contributed by atoms with Gasteiger partial charge in [0.2, 0.25) is 0 Å². The fraction of sp³-hybridized carbons (Fsp3) is 0.368. The number of halogens is 1. The van der Waals surface area contributed by atoms with E-state index in [2.05, 4.69) is 10.3 Å². The van der Waals surface area contributed by atoms with Crippen molar-refractivity contribution in [3.05, 3.63) is 54.0 Å². The molecule has 5 heteroatoms. The first kappa shape index (κ1) is 16.4. The normalized spacial score (nSPS) is 15.1. The van der Waals surface area contributed by atoms with Gasteiger partial charge in [-0.25, -0.2) is 9.37 Å². The maximum atomic E-state index is 13.9. The minimum atomic E-state index is -0.373. The summed E-state index contributed by atoms with van der Waals surface area (Å²) >= 11 is 0. The Hall–Kier alpha value is -2.43. The summed E-state index contributed by atoms with van der Waals surface area (Å²) in [5.74, 6) is -0.0636. The molecule has 4 nitrogen and oxygen atoms in total. The molecule has 0 atom stereocenters. The van der Waals surface area contributed by atoms with Crippen molar-refractivity contribution in [3.63, 3.8) is 0 Å². The quantitative estimate of drug-likeness (QED) is 0.907. The Bertz CT molecular complexity index is 713. The van der Waals surface area contributed by atoms with Gasteiger partial charge in [-0.05, 0) is 37.1 Å². The average Bonchev–Trinajstić information content (AvgIpc) is 2.63.